The molecule has 0 unspecified atom stereocenters. The molecule has 138 valence electrons. The predicted molar refractivity (Wildman–Crippen MR) is 84.4 cm³/mol. The number of esters is 1. The van der Waals surface area contributed by atoms with Crippen molar-refractivity contribution in [3.63, 3.8) is 0 Å². The molecule has 0 bridgehead atoms. The van der Waals surface area contributed by atoms with Crippen LogP contribution in [0.25, 0.3) is 0 Å². The zero-order chi connectivity index (χ0) is 18.4. The molecule has 9 heteroatoms. The van der Waals surface area contributed by atoms with Crippen molar-refractivity contribution in [1.82, 2.24) is 0 Å². The van der Waals surface area contributed by atoms with Gasteiger partial charge in [-0.1, -0.05) is 0 Å². The summed E-state index contributed by atoms with van der Waals surface area (Å²) >= 11 is 0. The Morgan fingerprint density at radius 1 is 1.24 bits per heavy atom. The van der Waals surface area contributed by atoms with Crippen molar-refractivity contribution in [2.75, 3.05) is 43.6 Å². The summed E-state index contributed by atoms with van der Waals surface area (Å²) in [4.78, 5) is 24.9. The highest BCUT2D eigenvalue weighted by Gasteiger charge is 2.32. The molecule has 1 N–H and O–H groups in total. The van der Waals surface area contributed by atoms with Gasteiger partial charge in [0, 0.05) is 19.5 Å². The second kappa shape index (κ2) is 8.19. The minimum Gasteiger partial charge on any atom is -0.469 e. The van der Waals surface area contributed by atoms with Crippen LogP contribution in [0.4, 0.5) is 24.5 Å². The van der Waals surface area contributed by atoms with Gasteiger partial charge in [0.15, 0.2) is 0 Å². The Balaban J connectivity index is 2.21. The monoisotopic (exact) mass is 360 g/mol. The fourth-order valence-electron chi connectivity index (χ4n) is 2.42. The predicted octanol–water partition coefficient (Wildman–Crippen LogP) is 2.43. The van der Waals surface area contributed by atoms with E-state index >= 15 is 0 Å². The fourth-order valence-corrected chi connectivity index (χ4v) is 2.42. The van der Waals surface area contributed by atoms with E-state index in [1.165, 1.54) is 13.2 Å². The number of halogens is 3. The van der Waals surface area contributed by atoms with Crippen LogP contribution in [0.15, 0.2) is 18.2 Å². The number of carbonyl (C=O) groups is 2. The van der Waals surface area contributed by atoms with Gasteiger partial charge in [-0.15, -0.1) is 0 Å². The minimum absolute atomic E-state index is 0.0617. The van der Waals surface area contributed by atoms with E-state index in [0.29, 0.717) is 32.0 Å². The van der Waals surface area contributed by atoms with Crippen LogP contribution < -0.4 is 10.2 Å². The Hall–Kier alpha value is -2.29. The van der Waals surface area contributed by atoms with Gasteiger partial charge in [0.1, 0.15) is 0 Å². The molecule has 1 aromatic rings. The van der Waals surface area contributed by atoms with Gasteiger partial charge in [0.2, 0.25) is 5.91 Å². The van der Waals surface area contributed by atoms with Crippen molar-refractivity contribution in [2.45, 2.75) is 19.0 Å². The lowest BCUT2D eigenvalue weighted by atomic mass is 10.1. The Morgan fingerprint density at radius 3 is 2.52 bits per heavy atom. The summed E-state index contributed by atoms with van der Waals surface area (Å²) in [6.45, 7) is 1.93. The van der Waals surface area contributed by atoms with Crippen molar-refractivity contribution in [1.29, 1.82) is 0 Å². The van der Waals surface area contributed by atoms with Crippen LogP contribution in [-0.2, 0) is 25.2 Å². The third kappa shape index (κ3) is 5.35. The molecule has 6 nitrogen and oxygen atoms in total. The highest BCUT2D eigenvalue weighted by Crippen LogP contribution is 2.35. The lowest BCUT2D eigenvalue weighted by Gasteiger charge is -2.31. The fraction of sp³-hybridized carbons (Fsp3) is 0.500. The molecular weight excluding hydrogens is 341 g/mol. The second-order valence-corrected chi connectivity index (χ2v) is 5.45. The van der Waals surface area contributed by atoms with Crippen LogP contribution in [-0.4, -0.2) is 45.3 Å². The molecule has 0 saturated carbocycles. The maximum absolute atomic E-state index is 13.0. The van der Waals surface area contributed by atoms with Gasteiger partial charge in [-0.25, -0.2) is 0 Å². The van der Waals surface area contributed by atoms with Crippen LogP contribution in [0.5, 0.6) is 0 Å². The molecule has 2 rings (SSSR count). The van der Waals surface area contributed by atoms with E-state index in [1.807, 2.05) is 4.90 Å². The maximum atomic E-state index is 13.0. The number of morpholine rings is 1. The summed E-state index contributed by atoms with van der Waals surface area (Å²) in [5.74, 6) is -1.12. The van der Waals surface area contributed by atoms with Gasteiger partial charge in [-0.05, 0) is 18.2 Å². The number of benzene rings is 1. The molecule has 0 atom stereocenters. The van der Waals surface area contributed by atoms with Gasteiger partial charge >= 0.3 is 12.1 Å². The Labute approximate surface area is 142 Å². The van der Waals surface area contributed by atoms with Crippen molar-refractivity contribution in [3.05, 3.63) is 23.8 Å². The lowest BCUT2D eigenvalue weighted by Crippen LogP contribution is -2.36. The van der Waals surface area contributed by atoms with Gasteiger partial charge in [-0.2, -0.15) is 13.2 Å². The molecule has 1 aromatic carbocycles. The van der Waals surface area contributed by atoms with Gasteiger partial charge in [-0.3, -0.25) is 9.59 Å². The van der Waals surface area contributed by atoms with Gasteiger partial charge in [0.25, 0.3) is 0 Å². The first-order valence-electron chi connectivity index (χ1n) is 7.72. The number of nitrogens with one attached hydrogen (secondary N) is 1. The quantitative estimate of drug-likeness (QED) is 0.817. The zero-order valence-corrected chi connectivity index (χ0v) is 13.7. The molecule has 1 amide bonds. The zero-order valence-electron chi connectivity index (χ0n) is 13.7. The van der Waals surface area contributed by atoms with Crippen LogP contribution in [0.2, 0.25) is 0 Å². The summed E-state index contributed by atoms with van der Waals surface area (Å²) in [5, 5.41) is 2.47. The van der Waals surface area contributed by atoms with E-state index in [-0.39, 0.29) is 18.5 Å². The molecular formula is C16H19F3N2O4. The van der Waals surface area contributed by atoms with E-state index in [4.69, 9.17) is 4.74 Å². The molecule has 1 aliphatic heterocycles. The summed E-state index contributed by atoms with van der Waals surface area (Å²) in [5.41, 5.74) is -0.304. The van der Waals surface area contributed by atoms with Crippen molar-refractivity contribution < 1.29 is 32.2 Å². The summed E-state index contributed by atoms with van der Waals surface area (Å²) in [6, 6.07) is 3.22. The number of hydrogen-bond donors (Lipinski definition) is 1. The third-order valence-corrected chi connectivity index (χ3v) is 3.73. The molecule has 0 spiro atoms. The number of anilines is 2. The highest BCUT2D eigenvalue weighted by atomic mass is 19.4. The Morgan fingerprint density at radius 2 is 1.92 bits per heavy atom. The number of rotatable bonds is 5. The van der Waals surface area contributed by atoms with Crippen LogP contribution in [0, 0.1) is 0 Å². The summed E-state index contributed by atoms with van der Waals surface area (Å²) < 4.78 is 48.6. The molecule has 1 saturated heterocycles. The molecule has 1 fully saturated rings. The normalized spacial score (nSPS) is 15.0. The van der Waals surface area contributed by atoms with Crippen LogP contribution in [0.1, 0.15) is 18.4 Å². The van der Waals surface area contributed by atoms with E-state index in [1.54, 1.807) is 0 Å². The first kappa shape index (κ1) is 19.0. The van der Waals surface area contributed by atoms with Crippen molar-refractivity contribution >= 4 is 23.3 Å². The number of ether oxygens (including phenoxy) is 2. The highest BCUT2D eigenvalue weighted by molar-refractivity contribution is 5.96. The number of hydrogen-bond acceptors (Lipinski definition) is 5. The standard InChI is InChI=1S/C16H19F3N2O4/c1-24-15(23)5-4-14(22)20-12-10-11(16(17,18)19)2-3-13(12)21-6-8-25-9-7-21/h2-3,10H,4-9H2,1H3,(H,20,22). The summed E-state index contributed by atoms with van der Waals surface area (Å²) in [6.07, 6.45) is -4.84. The average Bonchev–Trinajstić information content (AvgIpc) is 2.59. The number of alkyl halides is 3. The van der Waals surface area contributed by atoms with Crippen LogP contribution in [0.3, 0.4) is 0 Å². The molecule has 1 heterocycles. The van der Waals surface area contributed by atoms with E-state index in [0.717, 1.165) is 12.1 Å². The number of methoxy groups -OCH3 is 1. The van der Waals surface area contributed by atoms with Crippen LogP contribution >= 0.6 is 0 Å². The van der Waals surface area contributed by atoms with E-state index in [2.05, 4.69) is 10.1 Å². The first-order valence-corrected chi connectivity index (χ1v) is 7.72. The largest absolute Gasteiger partial charge is 0.469 e. The third-order valence-electron chi connectivity index (χ3n) is 3.73. The number of carbonyl (C=O) groups excluding carboxylic acids is 2. The lowest BCUT2D eigenvalue weighted by molar-refractivity contribution is -0.141. The topological polar surface area (TPSA) is 67.9 Å². The Bertz CT molecular complexity index is 628. The van der Waals surface area contributed by atoms with E-state index in [9.17, 15) is 22.8 Å². The second-order valence-electron chi connectivity index (χ2n) is 5.45. The average molecular weight is 360 g/mol. The van der Waals surface area contributed by atoms with Crippen molar-refractivity contribution in [3.8, 4) is 0 Å². The Kier molecular flexibility index (Phi) is 6.24. The molecule has 0 radical (unpaired) electrons. The van der Waals surface area contributed by atoms with Crippen molar-refractivity contribution in [2.24, 2.45) is 0 Å². The molecule has 1 aliphatic rings. The molecule has 0 aromatic heterocycles. The summed E-state index contributed by atoms with van der Waals surface area (Å²) in [7, 11) is 1.20. The minimum atomic E-state index is -4.52. The van der Waals surface area contributed by atoms with E-state index < -0.39 is 23.6 Å². The molecule has 0 aliphatic carbocycles. The molecule has 25 heavy (non-hydrogen) atoms. The number of amides is 1. The van der Waals surface area contributed by atoms with Gasteiger partial charge < -0.3 is 19.7 Å². The number of nitrogens with zero attached hydrogens (tertiary/aromatic N) is 1. The maximum Gasteiger partial charge on any atom is 0.416 e. The smallest absolute Gasteiger partial charge is 0.416 e. The first-order chi connectivity index (χ1) is 11.8. The van der Waals surface area contributed by atoms with Gasteiger partial charge in [0.05, 0.1) is 43.7 Å². The SMILES string of the molecule is COC(=O)CCC(=O)Nc1cc(C(F)(F)F)ccc1N1CCOCC1.